The first-order valence-corrected chi connectivity index (χ1v) is 10.6. The number of thiazole rings is 1. The average Bonchev–Trinajstić information content (AvgIpc) is 3.10. The fraction of sp³-hybridized carbons (Fsp3) is 0.333. The topological polar surface area (TPSA) is 37.6 Å². The van der Waals surface area contributed by atoms with E-state index in [4.69, 9.17) is 11.6 Å². The van der Waals surface area contributed by atoms with Gasteiger partial charge in [0, 0.05) is 23.4 Å². The molecule has 2 heterocycles. The lowest BCUT2D eigenvalue weighted by molar-refractivity contribution is -0.917. The normalized spacial score (nSPS) is 15.4. The molecule has 6 heteroatoms. The Labute approximate surface area is 168 Å². The Hall–Kier alpha value is -1.95. The second kappa shape index (κ2) is 8.38. The molecule has 1 saturated heterocycles. The number of hydrogen-bond acceptors (Lipinski definition) is 3. The smallest absolute Gasteiger partial charge is 0.223 e. The molecule has 0 bridgehead atoms. The van der Waals surface area contributed by atoms with Gasteiger partial charge in [-0.25, -0.2) is 4.98 Å². The van der Waals surface area contributed by atoms with Crippen molar-refractivity contribution in [1.82, 2.24) is 9.88 Å². The van der Waals surface area contributed by atoms with E-state index in [9.17, 15) is 4.79 Å². The van der Waals surface area contributed by atoms with Gasteiger partial charge in [0.2, 0.25) is 5.91 Å². The van der Waals surface area contributed by atoms with E-state index >= 15 is 0 Å². The van der Waals surface area contributed by atoms with Gasteiger partial charge in [0.15, 0.2) is 0 Å². The van der Waals surface area contributed by atoms with Gasteiger partial charge in [-0.15, -0.1) is 11.3 Å². The van der Waals surface area contributed by atoms with E-state index in [2.05, 4.69) is 17.1 Å². The molecular formula is C21H23ClN3OS+. The highest BCUT2D eigenvalue weighted by Gasteiger charge is 2.23. The van der Waals surface area contributed by atoms with Crippen LogP contribution in [0.5, 0.6) is 0 Å². The molecule has 2 aromatic carbocycles. The molecule has 3 aromatic rings. The SMILES string of the molecule is O=C(CCc1nc2ccccc2s1)N1CC[NH+](Cc2cccc(Cl)c2)CC1. The fourth-order valence-corrected chi connectivity index (χ4v) is 4.76. The Balaban J connectivity index is 1.25. The number of benzene rings is 2. The number of rotatable bonds is 5. The van der Waals surface area contributed by atoms with E-state index in [-0.39, 0.29) is 5.91 Å². The van der Waals surface area contributed by atoms with E-state index in [0.29, 0.717) is 6.42 Å². The first-order valence-electron chi connectivity index (χ1n) is 9.37. The van der Waals surface area contributed by atoms with Crippen molar-refractivity contribution in [2.75, 3.05) is 26.2 Å². The zero-order chi connectivity index (χ0) is 18.6. The van der Waals surface area contributed by atoms with Crippen molar-refractivity contribution in [3.63, 3.8) is 0 Å². The number of aromatic nitrogens is 1. The third kappa shape index (κ3) is 4.67. The number of carbonyl (C=O) groups is 1. The molecule has 0 saturated carbocycles. The number of aryl methyl sites for hydroxylation is 1. The second-order valence-corrected chi connectivity index (χ2v) is 8.56. The summed E-state index contributed by atoms with van der Waals surface area (Å²) in [6, 6.07) is 16.2. The Morgan fingerprint density at radius 3 is 2.74 bits per heavy atom. The minimum atomic E-state index is 0.246. The Bertz CT molecular complexity index is 901. The van der Waals surface area contributed by atoms with Gasteiger partial charge < -0.3 is 9.80 Å². The summed E-state index contributed by atoms with van der Waals surface area (Å²) in [4.78, 5) is 20.7. The van der Waals surface area contributed by atoms with Crippen molar-refractivity contribution in [1.29, 1.82) is 0 Å². The van der Waals surface area contributed by atoms with Crippen LogP contribution in [0, 0.1) is 0 Å². The van der Waals surface area contributed by atoms with Crippen LogP contribution in [0.2, 0.25) is 5.02 Å². The summed E-state index contributed by atoms with van der Waals surface area (Å²) >= 11 is 7.76. The molecule has 1 N–H and O–H groups in total. The van der Waals surface area contributed by atoms with Crippen molar-refractivity contribution < 1.29 is 9.69 Å². The Morgan fingerprint density at radius 2 is 1.96 bits per heavy atom. The minimum Gasteiger partial charge on any atom is -0.331 e. The van der Waals surface area contributed by atoms with Crippen LogP contribution in [0.1, 0.15) is 17.0 Å². The Kier molecular flexibility index (Phi) is 5.72. The third-order valence-corrected chi connectivity index (χ3v) is 6.39. The molecule has 4 rings (SSSR count). The number of quaternary nitrogens is 1. The summed E-state index contributed by atoms with van der Waals surface area (Å²) in [5.74, 6) is 0.246. The van der Waals surface area contributed by atoms with Crippen LogP contribution in [0.15, 0.2) is 48.5 Å². The molecule has 1 amide bonds. The van der Waals surface area contributed by atoms with Crippen LogP contribution in [-0.2, 0) is 17.8 Å². The van der Waals surface area contributed by atoms with E-state index in [0.717, 1.165) is 54.7 Å². The van der Waals surface area contributed by atoms with Crippen LogP contribution in [0.25, 0.3) is 10.2 Å². The van der Waals surface area contributed by atoms with Crippen LogP contribution in [0.4, 0.5) is 0 Å². The van der Waals surface area contributed by atoms with Crippen LogP contribution >= 0.6 is 22.9 Å². The van der Waals surface area contributed by atoms with Gasteiger partial charge in [-0.3, -0.25) is 4.79 Å². The molecule has 0 aliphatic carbocycles. The van der Waals surface area contributed by atoms with Crippen molar-refractivity contribution in [2.45, 2.75) is 19.4 Å². The molecule has 1 fully saturated rings. The molecule has 1 aromatic heterocycles. The van der Waals surface area contributed by atoms with Gasteiger partial charge in [-0.2, -0.15) is 0 Å². The lowest BCUT2D eigenvalue weighted by Crippen LogP contribution is -3.13. The highest BCUT2D eigenvalue weighted by molar-refractivity contribution is 7.18. The zero-order valence-electron chi connectivity index (χ0n) is 15.2. The number of halogens is 1. The molecule has 0 spiro atoms. The molecule has 27 heavy (non-hydrogen) atoms. The summed E-state index contributed by atoms with van der Waals surface area (Å²) in [5, 5.41) is 1.84. The maximum Gasteiger partial charge on any atom is 0.223 e. The molecule has 0 radical (unpaired) electrons. The fourth-order valence-electron chi connectivity index (χ4n) is 3.58. The molecule has 1 aliphatic rings. The van der Waals surface area contributed by atoms with Crippen LogP contribution in [-0.4, -0.2) is 42.0 Å². The van der Waals surface area contributed by atoms with Crippen molar-refractivity contribution >= 4 is 39.1 Å². The van der Waals surface area contributed by atoms with Gasteiger partial charge in [0.1, 0.15) is 6.54 Å². The van der Waals surface area contributed by atoms with Gasteiger partial charge in [0.25, 0.3) is 0 Å². The predicted octanol–water partition coefficient (Wildman–Crippen LogP) is 2.81. The number of carbonyl (C=O) groups excluding carboxylic acids is 1. The van der Waals surface area contributed by atoms with Gasteiger partial charge >= 0.3 is 0 Å². The number of para-hydroxylation sites is 1. The summed E-state index contributed by atoms with van der Waals surface area (Å²) in [5.41, 5.74) is 2.29. The summed E-state index contributed by atoms with van der Waals surface area (Å²) in [7, 11) is 0. The largest absolute Gasteiger partial charge is 0.331 e. The van der Waals surface area contributed by atoms with Crippen molar-refractivity contribution in [3.05, 3.63) is 64.1 Å². The summed E-state index contributed by atoms with van der Waals surface area (Å²) in [6.45, 7) is 4.59. The molecule has 1 aliphatic heterocycles. The highest BCUT2D eigenvalue weighted by atomic mass is 35.5. The zero-order valence-corrected chi connectivity index (χ0v) is 16.7. The first-order chi connectivity index (χ1) is 13.2. The number of hydrogen-bond donors (Lipinski definition) is 1. The number of nitrogens with one attached hydrogen (secondary N) is 1. The summed E-state index contributed by atoms with van der Waals surface area (Å²) < 4.78 is 1.19. The van der Waals surface area contributed by atoms with Gasteiger partial charge in [0.05, 0.1) is 41.4 Å². The van der Waals surface area contributed by atoms with Crippen molar-refractivity contribution in [3.8, 4) is 0 Å². The molecule has 0 atom stereocenters. The average molecular weight is 401 g/mol. The van der Waals surface area contributed by atoms with E-state index in [1.54, 1.807) is 11.3 Å². The van der Waals surface area contributed by atoms with E-state index in [1.807, 2.05) is 41.3 Å². The predicted molar refractivity (Wildman–Crippen MR) is 110 cm³/mol. The maximum absolute atomic E-state index is 12.6. The molecule has 4 nitrogen and oxygen atoms in total. The van der Waals surface area contributed by atoms with Gasteiger partial charge in [-0.05, 0) is 24.3 Å². The first kappa shape index (κ1) is 18.4. The standard InChI is InChI=1S/C21H22ClN3OS/c22-17-5-3-4-16(14-17)15-24-10-12-25(13-11-24)21(26)9-8-20-23-18-6-1-2-7-19(18)27-20/h1-7,14H,8-13,15H2/p+1. The van der Waals surface area contributed by atoms with Gasteiger partial charge in [-0.1, -0.05) is 35.9 Å². The maximum atomic E-state index is 12.6. The number of amides is 1. The Morgan fingerprint density at radius 1 is 1.15 bits per heavy atom. The molecule has 140 valence electrons. The number of nitrogens with zero attached hydrogens (tertiary/aromatic N) is 2. The number of piperazine rings is 1. The molecular weight excluding hydrogens is 378 g/mol. The lowest BCUT2D eigenvalue weighted by atomic mass is 10.2. The quantitative estimate of drug-likeness (QED) is 0.715. The van der Waals surface area contributed by atoms with Crippen LogP contribution < -0.4 is 4.90 Å². The molecule has 0 unspecified atom stereocenters. The van der Waals surface area contributed by atoms with Crippen LogP contribution in [0.3, 0.4) is 0 Å². The monoisotopic (exact) mass is 400 g/mol. The summed E-state index contributed by atoms with van der Waals surface area (Å²) in [6.07, 6.45) is 1.28. The highest BCUT2D eigenvalue weighted by Crippen LogP contribution is 2.22. The minimum absolute atomic E-state index is 0.246. The second-order valence-electron chi connectivity index (χ2n) is 7.01. The van der Waals surface area contributed by atoms with E-state index in [1.165, 1.54) is 15.2 Å². The number of fused-ring (bicyclic) bond motifs is 1. The lowest BCUT2D eigenvalue weighted by Gasteiger charge is -2.32. The van der Waals surface area contributed by atoms with Crippen molar-refractivity contribution in [2.24, 2.45) is 0 Å². The third-order valence-electron chi connectivity index (χ3n) is 5.06. The van der Waals surface area contributed by atoms with E-state index < -0.39 is 0 Å².